The van der Waals surface area contributed by atoms with Gasteiger partial charge < -0.3 is 14.6 Å². The standard InChI is InChI=1S/C43H78O3/c1-3-5-7-9-11-13-15-17-19-21-23-25-27-29-31-34-38-43(45-41-42(46-43)37-33-36-40-44)39-35-32-30-28-26-24-22-20-18-16-14-12-10-8-6-4-2/h11-14,17-20,42,44H,3-10,15-16,21-41H2,1-2H3. The third kappa shape index (κ3) is 26.9. The van der Waals surface area contributed by atoms with Gasteiger partial charge in [0.2, 0.25) is 0 Å². The van der Waals surface area contributed by atoms with Crippen molar-refractivity contribution in [3.8, 4) is 0 Å². The summed E-state index contributed by atoms with van der Waals surface area (Å²) in [4.78, 5) is 0. The Balaban J connectivity index is 2.15. The Morgan fingerprint density at radius 1 is 0.500 bits per heavy atom. The van der Waals surface area contributed by atoms with E-state index in [0.29, 0.717) is 0 Å². The Kier molecular flexibility index (Phi) is 31.4. The van der Waals surface area contributed by atoms with Crippen LogP contribution in [0.1, 0.15) is 200 Å². The summed E-state index contributed by atoms with van der Waals surface area (Å²) in [6.07, 6.45) is 54.7. The molecule has 0 spiro atoms. The van der Waals surface area contributed by atoms with Gasteiger partial charge in [-0.3, -0.25) is 0 Å². The molecule has 268 valence electrons. The number of ether oxygens (including phenoxy) is 2. The summed E-state index contributed by atoms with van der Waals surface area (Å²) in [5.74, 6) is -0.353. The van der Waals surface area contributed by atoms with Gasteiger partial charge in [0.25, 0.3) is 0 Å². The van der Waals surface area contributed by atoms with E-state index in [1.165, 1.54) is 141 Å². The quantitative estimate of drug-likeness (QED) is 0.0560. The molecule has 0 amide bonds. The van der Waals surface area contributed by atoms with Crippen LogP contribution in [0.25, 0.3) is 0 Å². The lowest BCUT2D eigenvalue weighted by Gasteiger charge is -2.28. The summed E-state index contributed by atoms with van der Waals surface area (Å²) in [5, 5.41) is 9.18. The van der Waals surface area contributed by atoms with Crippen LogP contribution in [0.3, 0.4) is 0 Å². The normalized spacial score (nSPS) is 18.9. The fourth-order valence-electron chi connectivity index (χ4n) is 6.39. The fourth-order valence-corrected chi connectivity index (χ4v) is 6.39. The van der Waals surface area contributed by atoms with Crippen LogP contribution in [0.2, 0.25) is 0 Å². The molecule has 1 atom stereocenters. The number of hydrogen-bond acceptors (Lipinski definition) is 3. The molecule has 0 aromatic heterocycles. The van der Waals surface area contributed by atoms with Crippen LogP contribution in [0.4, 0.5) is 0 Å². The van der Waals surface area contributed by atoms with Crippen molar-refractivity contribution in [3.05, 3.63) is 48.6 Å². The van der Waals surface area contributed by atoms with E-state index in [9.17, 15) is 5.11 Å². The Morgan fingerprint density at radius 3 is 1.35 bits per heavy atom. The predicted octanol–water partition coefficient (Wildman–Crippen LogP) is 13.7. The molecule has 1 aliphatic rings. The third-order valence-corrected chi connectivity index (χ3v) is 9.36. The van der Waals surface area contributed by atoms with Crippen LogP contribution in [0.15, 0.2) is 48.6 Å². The molecule has 0 aromatic carbocycles. The highest BCUT2D eigenvalue weighted by atomic mass is 16.7. The van der Waals surface area contributed by atoms with Crippen molar-refractivity contribution in [2.24, 2.45) is 0 Å². The van der Waals surface area contributed by atoms with E-state index in [-0.39, 0.29) is 18.5 Å². The van der Waals surface area contributed by atoms with Crippen LogP contribution in [-0.4, -0.2) is 30.2 Å². The van der Waals surface area contributed by atoms with Gasteiger partial charge in [-0.05, 0) is 96.3 Å². The number of rotatable bonds is 34. The SMILES string of the molecule is CCCCCC=CCC=CCCCCCCCCC1(CCCCCCCCC=CCC=CCCCCC)OCC(CCCCO)O1. The highest BCUT2D eigenvalue weighted by Gasteiger charge is 2.40. The first-order valence-electron chi connectivity index (χ1n) is 20.3. The maximum Gasteiger partial charge on any atom is 0.168 e. The molecule has 1 saturated heterocycles. The minimum atomic E-state index is -0.353. The molecule has 3 nitrogen and oxygen atoms in total. The molecular formula is C43H78O3. The van der Waals surface area contributed by atoms with Gasteiger partial charge >= 0.3 is 0 Å². The first kappa shape index (κ1) is 42.9. The zero-order valence-corrected chi connectivity index (χ0v) is 30.9. The Hall–Kier alpha value is -1.16. The van der Waals surface area contributed by atoms with Crippen LogP contribution in [0, 0.1) is 0 Å². The summed E-state index contributed by atoms with van der Waals surface area (Å²) in [5.41, 5.74) is 0. The summed E-state index contributed by atoms with van der Waals surface area (Å²) in [6, 6.07) is 0. The number of aliphatic hydroxyl groups excluding tert-OH is 1. The largest absolute Gasteiger partial charge is 0.396 e. The van der Waals surface area contributed by atoms with Crippen LogP contribution >= 0.6 is 0 Å². The molecule has 1 rings (SSSR count). The zero-order chi connectivity index (χ0) is 33.1. The van der Waals surface area contributed by atoms with E-state index in [2.05, 4.69) is 62.5 Å². The molecule has 1 unspecified atom stereocenters. The molecule has 1 aliphatic heterocycles. The first-order chi connectivity index (χ1) is 22.8. The molecule has 0 aliphatic carbocycles. The summed E-state index contributed by atoms with van der Waals surface area (Å²) in [7, 11) is 0. The van der Waals surface area contributed by atoms with Gasteiger partial charge in [0.05, 0.1) is 12.7 Å². The second kappa shape index (κ2) is 33.7. The van der Waals surface area contributed by atoms with Gasteiger partial charge in [-0.15, -0.1) is 0 Å². The molecule has 1 N–H and O–H groups in total. The molecule has 0 radical (unpaired) electrons. The number of allylic oxidation sites excluding steroid dienone is 8. The molecule has 0 bridgehead atoms. The average molecular weight is 643 g/mol. The summed E-state index contributed by atoms with van der Waals surface area (Å²) < 4.78 is 13.0. The maximum atomic E-state index is 9.18. The minimum absolute atomic E-state index is 0.209. The Labute approximate surface area is 287 Å². The Bertz CT molecular complexity index is 688. The van der Waals surface area contributed by atoms with E-state index >= 15 is 0 Å². The van der Waals surface area contributed by atoms with Crippen LogP contribution in [0.5, 0.6) is 0 Å². The van der Waals surface area contributed by atoms with Crippen molar-refractivity contribution in [2.75, 3.05) is 13.2 Å². The smallest absolute Gasteiger partial charge is 0.168 e. The minimum Gasteiger partial charge on any atom is -0.396 e. The zero-order valence-electron chi connectivity index (χ0n) is 30.9. The van der Waals surface area contributed by atoms with E-state index in [1.807, 2.05) is 0 Å². The molecule has 3 heteroatoms. The number of aliphatic hydroxyl groups is 1. The van der Waals surface area contributed by atoms with E-state index in [4.69, 9.17) is 9.47 Å². The van der Waals surface area contributed by atoms with Crippen molar-refractivity contribution in [1.82, 2.24) is 0 Å². The number of hydrogen-bond donors (Lipinski definition) is 1. The van der Waals surface area contributed by atoms with Gasteiger partial charge in [-0.2, -0.15) is 0 Å². The lowest BCUT2D eigenvalue weighted by molar-refractivity contribution is -0.180. The van der Waals surface area contributed by atoms with Crippen molar-refractivity contribution in [2.45, 2.75) is 212 Å². The second-order valence-corrected chi connectivity index (χ2v) is 13.8. The third-order valence-electron chi connectivity index (χ3n) is 9.36. The van der Waals surface area contributed by atoms with Gasteiger partial charge in [0, 0.05) is 19.4 Å². The van der Waals surface area contributed by atoms with Gasteiger partial charge in [0.1, 0.15) is 0 Å². The van der Waals surface area contributed by atoms with Crippen molar-refractivity contribution in [3.63, 3.8) is 0 Å². The molecular weight excluding hydrogens is 564 g/mol. The average Bonchev–Trinajstić information content (AvgIpc) is 3.47. The van der Waals surface area contributed by atoms with E-state index in [0.717, 1.165) is 51.6 Å². The van der Waals surface area contributed by atoms with Crippen molar-refractivity contribution < 1.29 is 14.6 Å². The van der Waals surface area contributed by atoms with Crippen LogP contribution < -0.4 is 0 Å². The van der Waals surface area contributed by atoms with Crippen LogP contribution in [-0.2, 0) is 9.47 Å². The van der Waals surface area contributed by atoms with Gasteiger partial charge in [0.15, 0.2) is 5.79 Å². The lowest BCUT2D eigenvalue weighted by Crippen LogP contribution is -2.31. The maximum absolute atomic E-state index is 9.18. The topological polar surface area (TPSA) is 38.7 Å². The highest BCUT2D eigenvalue weighted by molar-refractivity contribution is 4.93. The highest BCUT2D eigenvalue weighted by Crippen LogP contribution is 2.36. The first-order valence-corrected chi connectivity index (χ1v) is 20.3. The fraction of sp³-hybridized carbons (Fsp3) is 0.814. The van der Waals surface area contributed by atoms with E-state index < -0.39 is 0 Å². The molecule has 1 heterocycles. The predicted molar refractivity (Wildman–Crippen MR) is 202 cm³/mol. The van der Waals surface area contributed by atoms with Gasteiger partial charge in [-0.25, -0.2) is 0 Å². The summed E-state index contributed by atoms with van der Waals surface area (Å²) in [6.45, 7) is 5.54. The second-order valence-electron chi connectivity index (χ2n) is 13.8. The van der Waals surface area contributed by atoms with Crippen molar-refractivity contribution >= 4 is 0 Å². The Morgan fingerprint density at radius 2 is 0.913 bits per heavy atom. The van der Waals surface area contributed by atoms with Gasteiger partial charge in [-0.1, -0.05) is 140 Å². The lowest BCUT2D eigenvalue weighted by atomic mass is 9.98. The number of unbranched alkanes of at least 4 members (excludes halogenated alkanes) is 19. The molecule has 1 fully saturated rings. The molecule has 46 heavy (non-hydrogen) atoms. The molecule has 0 saturated carbocycles. The molecule has 0 aromatic rings. The summed E-state index contributed by atoms with van der Waals surface area (Å²) >= 11 is 0. The van der Waals surface area contributed by atoms with E-state index in [1.54, 1.807) is 0 Å². The monoisotopic (exact) mass is 643 g/mol. The van der Waals surface area contributed by atoms with Crippen molar-refractivity contribution in [1.29, 1.82) is 0 Å².